The third-order valence-corrected chi connectivity index (χ3v) is 2.51. The molecule has 0 unspecified atom stereocenters. The van der Waals surface area contributed by atoms with Crippen molar-refractivity contribution in [1.29, 1.82) is 5.26 Å². The molecule has 0 aliphatic rings. The average Bonchev–Trinajstić information content (AvgIpc) is 2.04. The quantitative estimate of drug-likeness (QED) is 0.819. The zero-order chi connectivity index (χ0) is 10.0. The van der Waals surface area contributed by atoms with E-state index in [1.54, 1.807) is 19.1 Å². The van der Waals surface area contributed by atoms with Crippen LogP contribution in [0, 0.1) is 18.3 Å². The lowest BCUT2D eigenvalue weighted by Gasteiger charge is -2.04. The second-order valence-corrected chi connectivity index (χ2v) is 3.33. The largest absolute Gasteiger partial charge is 0.478 e. The van der Waals surface area contributed by atoms with Crippen molar-refractivity contribution in [1.82, 2.24) is 0 Å². The highest BCUT2D eigenvalue weighted by atomic mass is 79.9. The number of nitriles is 1. The molecule has 4 heteroatoms. The Morgan fingerprint density at radius 1 is 1.62 bits per heavy atom. The lowest BCUT2D eigenvalue weighted by molar-refractivity contribution is 0.0695. The van der Waals surface area contributed by atoms with Crippen LogP contribution >= 0.6 is 15.9 Å². The maximum Gasteiger partial charge on any atom is 0.337 e. The van der Waals surface area contributed by atoms with E-state index >= 15 is 0 Å². The summed E-state index contributed by atoms with van der Waals surface area (Å²) in [4.78, 5) is 10.8. The van der Waals surface area contributed by atoms with Crippen LogP contribution in [0.1, 0.15) is 21.5 Å². The molecule has 0 aliphatic carbocycles. The first-order valence-corrected chi connectivity index (χ1v) is 4.29. The fourth-order valence-electron chi connectivity index (χ4n) is 1.02. The van der Waals surface area contributed by atoms with Crippen molar-refractivity contribution in [2.75, 3.05) is 0 Å². The molecule has 0 saturated heterocycles. The van der Waals surface area contributed by atoms with Crippen molar-refractivity contribution in [3.63, 3.8) is 0 Å². The van der Waals surface area contributed by atoms with Gasteiger partial charge in [0.15, 0.2) is 0 Å². The number of carbonyl (C=O) groups is 1. The molecular weight excluding hydrogens is 234 g/mol. The lowest BCUT2D eigenvalue weighted by atomic mass is 10.1. The number of hydrogen-bond acceptors (Lipinski definition) is 2. The van der Waals surface area contributed by atoms with Gasteiger partial charge in [0.1, 0.15) is 6.07 Å². The molecule has 1 aromatic rings. The van der Waals surface area contributed by atoms with Crippen LogP contribution in [-0.4, -0.2) is 11.1 Å². The molecule has 0 atom stereocenters. The molecular formula is C9H6BrNO2. The molecule has 0 aliphatic heterocycles. The molecule has 1 rings (SSSR count). The number of hydrogen-bond donors (Lipinski definition) is 1. The molecule has 66 valence electrons. The summed E-state index contributed by atoms with van der Waals surface area (Å²) in [6, 6.07) is 5.11. The first-order valence-electron chi connectivity index (χ1n) is 3.50. The van der Waals surface area contributed by atoms with Crippen molar-refractivity contribution < 1.29 is 9.90 Å². The first kappa shape index (κ1) is 9.75. The summed E-state index contributed by atoms with van der Waals surface area (Å²) in [6.07, 6.45) is 0. The first-order chi connectivity index (χ1) is 6.07. The van der Waals surface area contributed by atoms with Crippen LogP contribution in [-0.2, 0) is 0 Å². The van der Waals surface area contributed by atoms with Gasteiger partial charge in [-0.3, -0.25) is 0 Å². The second kappa shape index (κ2) is 3.58. The Kier molecular flexibility index (Phi) is 2.69. The van der Waals surface area contributed by atoms with Crippen LogP contribution < -0.4 is 0 Å². The Morgan fingerprint density at radius 3 is 2.69 bits per heavy atom. The van der Waals surface area contributed by atoms with Gasteiger partial charge in [0.2, 0.25) is 0 Å². The molecule has 0 fully saturated rings. The van der Waals surface area contributed by atoms with Gasteiger partial charge in [-0.1, -0.05) is 6.07 Å². The highest BCUT2D eigenvalue weighted by molar-refractivity contribution is 9.10. The van der Waals surface area contributed by atoms with Crippen molar-refractivity contribution >= 4 is 21.9 Å². The summed E-state index contributed by atoms with van der Waals surface area (Å²) in [5.41, 5.74) is 1.13. The SMILES string of the molecule is Cc1ccc(C#N)c(Br)c1C(=O)O. The smallest absolute Gasteiger partial charge is 0.337 e. The average molecular weight is 240 g/mol. The zero-order valence-corrected chi connectivity index (χ0v) is 8.42. The van der Waals surface area contributed by atoms with Crippen LogP contribution in [0.15, 0.2) is 16.6 Å². The standard InChI is InChI=1S/C9H6BrNO2/c1-5-2-3-6(4-11)8(10)7(5)9(12)13/h2-3H,1H3,(H,12,13). The molecule has 1 N–H and O–H groups in total. The topological polar surface area (TPSA) is 61.1 Å². The number of carboxylic acids is 1. The molecule has 13 heavy (non-hydrogen) atoms. The fraction of sp³-hybridized carbons (Fsp3) is 0.111. The highest BCUT2D eigenvalue weighted by Crippen LogP contribution is 2.24. The number of benzene rings is 1. The Morgan fingerprint density at radius 2 is 2.23 bits per heavy atom. The summed E-state index contributed by atoms with van der Waals surface area (Å²) in [6.45, 7) is 1.69. The van der Waals surface area contributed by atoms with E-state index in [1.807, 2.05) is 6.07 Å². The maximum absolute atomic E-state index is 10.8. The number of aryl methyl sites for hydroxylation is 1. The Balaban J connectivity index is 3.50. The normalized spacial score (nSPS) is 9.31. The molecule has 0 spiro atoms. The van der Waals surface area contributed by atoms with Gasteiger partial charge in [0.25, 0.3) is 0 Å². The summed E-state index contributed by atoms with van der Waals surface area (Å²) in [5.74, 6) is -1.03. The van der Waals surface area contributed by atoms with E-state index in [9.17, 15) is 4.79 Å². The van der Waals surface area contributed by atoms with E-state index in [1.165, 1.54) is 0 Å². The van der Waals surface area contributed by atoms with Gasteiger partial charge in [0.05, 0.1) is 15.6 Å². The van der Waals surface area contributed by atoms with Crippen molar-refractivity contribution in [2.45, 2.75) is 6.92 Å². The second-order valence-electron chi connectivity index (χ2n) is 2.54. The monoisotopic (exact) mass is 239 g/mol. The minimum absolute atomic E-state index is 0.152. The number of rotatable bonds is 1. The predicted octanol–water partition coefficient (Wildman–Crippen LogP) is 2.33. The van der Waals surface area contributed by atoms with Crippen LogP contribution in [0.5, 0.6) is 0 Å². The molecule has 1 aromatic carbocycles. The zero-order valence-electron chi connectivity index (χ0n) is 6.84. The predicted molar refractivity (Wildman–Crippen MR) is 50.6 cm³/mol. The van der Waals surface area contributed by atoms with Gasteiger partial charge in [-0.05, 0) is 34.5 Å². The summed E-state index contributed by atoms with van der Waals surface area (Å²) in [5, 5.41) is 17.5. The lowest BCUT2D eigenvalue weighted by Crippen LogP contribution is -2.02. The van der Waals surface area contributed by atoms with Crippen LogP contribution in [0.25, 0.3) is 0 Å². The maximum atomic E-state index is 10.8. The van der Waals surface area contributed by atoms with Gasteiger partial charge in [-0.2, -0.15) is 5.26 Å². The summed E-state index contributed by atoms with van der Waals surface area (Å²) < 4.78 is 0.350. The number of aromatic carboxylic acids is 1. The third-order valence-electron chi connectivity index (χ3n) is 1.68. The van der Waals surface area contributed by atoms with Gasteiger partial charge in [0, 0.05) is 0 Å². The van der Waals surface area contributed by atoms with Gasteiger partial charge < -0.3 is 5.11 Å². The van der Waals surface area contributed by atoms with Crippen LogP contribution in [0.4, 0.5) is 0 Å². The Hall–Kier alpha value is -1.34. The van der Waals surface area contributed by atoms with E-state index in [2.05, 4.69) is 15.9 Å². The van der Waals surface area contributed by atoms with Crippen LogP contribution in [0.3, 0.4) is 0 Å². The molecule has 0 aromatic heterocycles. The van der Waals surface area contributed by atoms with Gasteiger partial charge >= 0.3 is 5.97 Å². The van der Waals surface area contributed by atoms with Crippen molar-refractivity contribution in [2.24, 2.45) is 0 Å². The van der Waals surface area contributed by atoms with E-state index < -0.39 is 5.97 Å². The molecule has 0 saturated carbocycles. The third kappa shape index (κ3) is 1.70. The molecule has 0 radical (unpaired) electrons. The van der Waals surface area contributed by atoms with E-state index in [0.717, 1.165) is 0 Å². The van der Waals surface area contributed by atoms with Crippen molar-refractivity contribution in [3.8, 4) is 6.07 Å². The number of nitrogens with zero attached hydrogens (tertiary/aromatic N) is 1. The minimum atomic E-state index is -1.03. The van der Waals surface area contributed by atoms with Gasteiger partial charge in [-0.25, -0.2) is 4.79 Å². The van der Waals surface area contributed by atoms with Gasteiger partial charge in [-0.15, -0.1) is 0 Å². The Labute approximate surface area is 83.7 Å². The summed E-state index contributed by atoms with van der Waals surface area (Å²) >= 11 is 3.09. The highest BCUT2D eigenvalue weighted by Gasteiger charge is 2.14. The number of halogens is 1. The van der Waals surface area contributed by atoms with Crippen LogP contribution in [0.2, 0.25) is 0 Å². The molecule has 0 amide bonds. The molecule has 0 bridgehead atoms. The minimum Gasteiger partial charge on any atom is -0.478 e. The molecule has 3 nitrogen and oxygen atoms in total. The number of carboxylic acid groups (broad SMARTS) is 1. The van der Waals surface area contributed by atoms with Crippen molar-refractivity contribution in [3.05, 3.63) is 33.3 Å². The molecule has 0 heterocycles. The fourth-order valence-corrected chi connectivity index (χ4v) is 1.72. The Bertz CT molecular complexity index is 407. The summed E-state index contributed by atoms with van der Waals surface area (Å²) in [7, 11) is 0. The van der Waals surface area contributed by atoms with E-state index in [4.69, 9.17) is 10.4 Å². The van der Waals surface area contributed by atoms with E-state index in [-0.39, 0.29) is 5.56 Å². The van der Waals surface area contributed by atoms with E-state index in [0.29, 0.717) is 15.6 Å².